The maximum atomic E-state index is 5.96. The highest BCUT2D eigenvalue weighted by Gasteiger charge is 2.24. The molecule has 0 saturated carbocycles. The number of nitrogens with zero attached hydrogens (tertiary/aromatic N) is 2. The first kappa shape index (κ1) is 14.9. The number of morpholine rings is 1. The van der Waals surface area contributed by atoms with Crippen molar-refractivity contribution in [2.45, 2.75) is 45.8 Å². The molecule has 0 amide bonds. The third kappa shape index (κ3) is 3.54. The van der Waals surface area contributed by atoms with Crippen LogP contribution in [0.15, 0.2) is 12.1 Å². The zero-order valence-corrected chi connectivity index (χ0v) is 12.8. The first-order valence-electron chi connectivity index (χ1n) is 7.20. The van der Waals surface area contributed by atoms with Gasteiger partial charge in [0.05, 0.1) is 24.9 Å². The zero-order chi connectivity index (χ0) is 14.8. The molecule has 1 unspecified atom stereocenters. The van der Waals surface area contributed by atoms with Crippen LogP contribution < -0.4 is 15.4 Å². The molecule has 1 aromatic heterocycles. The van der Waals surface area contributed by atoms with Crippen LogP contribution in [0.3, 0.4) is 0 Å². The van der Waals surface area contributed by atoms with Gasteiger partial charge in [-0.1, -0.05) is 6.92 Å². The highest BCUT2D eigenvalue weighted by atomic mass is 16.5. The molecule has 5 nitrogen and oxygen atoms in total. The number of hydrogen-bond acceptors (Lipinski definition) is 5. The molecule has 0 bridgehead atoms. The van der Waals surface area contributed by atoms with Crippen molar-refractivity contribution in [3.63, 3.8) is 0 Å². The second-order valence-corrected chi connectivity index (χ2v) is 6.11. The molecule has 0 aliphatic carbocycles. The van der Waals surface area contributed by atoms with Gasteiger partial charge in [0, 0.05) is 6.54 Å². The standard InChI is InChI=1S/C15H25N3O2/c1-5-11-10-19-9-8-18(11)13-7-6-12(16)14(17-13)20-15(2,3)4/h6-7,11H,5,8-10,16H2,1-4H3. The van der Waals surface area contributed by atoms with Crippen molar-refractivity contribution in [2.24, 2.45) is 0 Å². The molecule has 1 aromatic rings. The number of anilines is 2. The van der Waals surface area contributed by atoms with Gasteiger partial charge in [0.1, 0.15) is 11.4 Å². The Kier molecular flexibility index (Phi) is 4.38. The van der Waals surface area contributed by atoms with Gasteiger partial charge in [-0.25, -0.2) is 0 Å². The average Bonchev–Trinajstić information content (AvgIpc) is 2.40. The van der Waals surface area contributed by atoms with Gasteiger partial charge in [0.15, 0.2) is 0 Å². The number of rotatable bonds is 3. The highest BCUT2D eigenvalue weighted by molar-refractivity contribution is 5.55. The van der Waals surface area contributed by atoms with Gasteiger partial charge in [0.2, 0.25) is 5.88 Å². The normalized spacial score (nSPS) is 20.0. The molecular weight excluding hydrogens is 254 g/mol. The Bertz CT molecular complexity index is 457. The molecule has 1 aliphatic rings. The third-order valence-electron chi connectivity index (χ3n) is 3.27. The van der Waals surface area contributed by atoms with Gasteiger partial charge in [-0.3, -0.25) is 0 Å². The molecule has 112 valence electrons. The maximum Gasteiger partial charge on any atom is 0.239 e. The predicted molar refractivity (Wildman–Crippen MR) is 81.3 cm³/mol. The fraction of sp³-hybridized carbons (Fsp3) is 0.667. The smallest absolute Gasteiger partial charge is 0.239 e. The van der Waals surface area contributed by atoms with Crippen molar-refractivity contribution in [1.29, 1.82) is 0 Å². The van der Waals surface area contributed by atoms with E-state index in [4.69, 9.17) is 15.2 Å². The SMILES string of the molecule is CCC1COCCN1c1ccc(N)c(OC(C)(C)C)n1. The van der Waals surface area contributed by atoms with Gasteiger partial charge >= 0.3 is 0 Å². The van der Waals surface area contributed by atoms with E-state index >= 15 is 0 Å². The summed E-state index contributed by atoms with van der Waals surface area (Å²) in [6, 6.07) is 4.19. The van der Waals surface area contributed by atoms with E-state index in [1.165, 1.54) is 0 Å². The average molecular weight is 279 g/mol. The molecule has 2 rings (SSSR count). The summed E-state index contributed by atoms with van der Waals surface area (Å²) in [5.74, 6) is 1.42. The lowest BCUT2D eigenvalue weighted by atomic mass is 10.1. The van der Waals surface area contributed by atoms with Crippen LogP contribution in [0, 0.1) is 0 Å². The number of pyridine rings is 1. The fourth-order valence-corrected chi connectivity index (χ4v) is 2.27. The van der Waals surface area contributed by atoms with E-state index in [0.717, 1.165) is 32.0 Å². The minimum atomic E-state index is -0.311. The lowest BCUT2D eigenvalue weighted by Crippen LogP contribution is -2.45. The maximum absolute atomic E-state index is 5.96. The van der Waals surface area contributed by atoms with E-state index in [9.17, 15) is 0 Å². The first-order valence-corrected chi connectivity index (χ1v) is 7.20. The molecule has 1 saturated heterocycles. The number of ether oxygens (including phenoxy) is 2. The van der Waals surface area contributed by atoms with E-state index in [1.807, 2.05) is 32.9 Å². The van der Waals surface area contributed by atoms with Crippen molar-refractivity contribution in [1.82, 2.24) is 4.98 Å². The van der Waals surface area contributed by atoms with Crippen LogP contribution in [0.5, 0.6) is 5.88 Å². The largest absolute Gasteiger partial charge is 0.470 e. The van der Waals surface area contributed by atoms with Crippen molar-refractivity contribution in [3.8, 4) is 5.88 Å². The van der Waals surface area contributed by atoms with Crippen LogP contribution in [-0.2, 0) is 4.74 Å². The molecule has 20 heavy (non-hydrogen) atoms. The topological polar surface area (TPSA) is 60.6 Å². The Hall–Kier alpha value is -1.49. The van der Waals surface area contributed by atoms with E-state index in [0.29, 0.717) is 17.6 Å². The van der Waals surface area contributed by atoms with Gasteiger partial charge in [0.25, 0.3) is 0 Å². The zero-order valence-electron chi connectivity index (χ0n) is 12.8. The Morgan fingerprint density at radius 2 is 2.20 bits per heavy atom. The number of nitrogen functional groups attached to an aromatic ring is 1. The number of nitrogens with two attached hydrogens (primary N) is 1. The summed E-state index contributed by atoms with van der Waals surface area (Å²) < 4.78 is 11.4. The summed E-state index contributed by atoms with van der Waals surface area (Å²) in [6.45, 7) is 10.5. The molecule has 2 heterocycles. The molecule has 5 heteroatoms. The van der Waals surface area contributed by atoms with Crippen LogP contribution in [0.4, 0.5) is 11.5 Å². The molecular formula is C15H25N3O2. The lowest BCUT2D eigenvalue weighted by molar-refractivity contribution is 0.0920. The van der Waals surface area contributed by atoms with Crippen molar-refractivity contribution in [3.05, 3.63) is 12.1 Å². The quantitative estimate of drug-likeness (QED) is 0.921. The molecule has 1 fully saturated rings. The summed E-state index contributed by atoms with van der Waals surface area (Å²) in [7, 11) is 0. The van der Waals surface area contributed by atoms with Crippen LogP contribution in [0.25, 0.3) is 0 Å². The van der Waals surface area contributed by atoms with E-state index in [1.54, 1.807) is 0 Å². The van der Waals surface area contributed by atoms with E-state index in [2.05, 4.69) is 16.8 Å². The number of hydrogen-bond donors (Lipinski definition) is 1. The first-order chi connectivity index (χ1) is 9.40. The van der Waals surface area contributed by atoms with E-state index < -0.39 is 0 Å². The van der Waals surface area contributed by atoms with Crippen LogP contribution >= 0.6 is 0 Å². The monoisotopic (exact) mass is 279 g/mol. The van der Waals surface area contributed by atoms with Crippen molar-refractivity contribution in [2.75, 3.05) is 30.4 Å². The minimum Gasteiger partial charge on any atom is -0.470 e. The highest BCUT2D eigenvalue weighted by Crippen LogP contribution is 2.28. The third-order valence-corrected chi connectivity index (χ3v) is 3.27. The fourth-order valence-electron chi connectivity index (χ4n) is 2.27. The molecule has 0 radical (unpaired) electrons. The Morgan fingerprint density at radius 1 is 1.45 bits per heavy atom. The molecule has 1 atom stereocenters. The van der Waals surface area contributed by atoms with Crippen molar-refractivity contribution >= 4 is 11.5 Å². The molecule has 0 spiro atoms. The summed E-state index contributed by atoms with van der Waals surface area (Å²) in [5, 5.41) is 0. The summed E-state index contributed by atoms with van der Waals surface area (Å²) >= 11 is 0. The lowest BCUT2D eigenvalue weighted by Gasteiger charge is -2.36. The van der Waals surface area contributed by atoms with Gasteiger partial charge in [-0.05, 0) is 39.3 Å². The van der Waals surface area contributed by atoms with E-state index in [-0.39, 0.29) is 5.60 Å². The summed E-state index contributed by atoms with van der Waals surface area (Å²) in [6.07, 6.45) is 1.03. The second kappa shape index (κ2) is 5.87. The molecule has 2 N–H and O–H groups in total. The Balaban J connectivity index is 2.25. The minimum absolute atomic E-state index is 0.311. The van der Waals surface area contributed by atoms with Crippen LogP contribution in [0.2, 0.25) is 0 Å². The number of aromatic nitrogens is 1. The molecule has 1 aliphatic heterocycles. The Morgan fingerprint density at radius 3 is 2.85 bits per heavy atom. The second-order valence-electron chi connectivity index (χ2n) is 6.11. The van der Waals surface area contributed by atoms with Gasteiger partial charge in [-0.15, -0.1) is 0 Å². The van der Waals surface area contributed by atoms with Crippen LogP contribution in [-0.4, -0.2) is 36.4 Å². The Labute approximate surface area is 121 Å². The predicted octanol–water partition coefficient (Wildman–Crippen LogP) is 2.46. The van der Waals surface area contributed by atoms with Gasteiger partial charge in [-0.2, -0.15) is 4.98 Å². The molecule has 0 aromatic carbocycles. The van der Waals surface area contributed by atoms with Gasteiger partial charge < -0.3 is 20.1 Å². The van der Waals surface area contributed by atoms with Crippen LogP contribution in [0.1, 0.15) is 34.1 Å². The summed E-state index contributed by atoms with van der Waals surface area (Å²) in [5.41, 5.74) is 6.23. The van der Waals surface area contributed by atoms with Crippen molar-refractivity contribution < 1.29 is 9.47 Å². The summed E-state index contributed by atoms with van der Waals surface area (Å²) in [4.78, 5) is 6.88.